The molecule has 4 nitrogen and oxygen atoms in total. The molecule has 1 heterocycles. The molecule has 1 aromatic carbocycles. The number of aromatic nitrogens is 2. The van der Waals surface area contributed by atoms with E-state index in [1.165, 1.54) is 0 Å². The van der Waals surface area contributed by atoms with Gasteiger partial charge in [0.15, 0.2) is 0 Å². The number of nitrogens with one attached hydrogen (secondary N) is 1. The molecule has 0 saturated heterocycles. The van der Waals surface area contributed by atoms with Crippen molar-refractivity contribution in [2.75, 3.05) is 5.43 Å². The van der Waals surface area contributed by atoms with Crippen molar-refractivity contribution in [3.05, 3.63) is 51.3 Å². The highest BCUT2D eigenvalue weighted by Crippen LogP contribution is 2.22. The fourth-order valence-electron chi connectivity index (χ4n) is 1.70. The minimum atomic E-state index is 0.474. The van der Waals surface area contributed by atoms with Crippen LogP contribution in [0.3, 0.4) is 0 Å². The second-order valence-electron chi connectivity index (χ2n) is 4.41. The molecule has 0 radical (unpaired) electrons. The lowest BCUT2D eigenvalue weighted by Gasteiger charge is -2.05. The van der Waals surface area contributed by atoms with E-state index in [1.54, 1.807) is 12.1 Å². The summed E-state index contributed by atoms with van der Waals surface area (Å²) in [6.07, 6.45) is 0. The normalized spacial score (nSPS) is 11.6. The highest BCUT2D eigenvalue weighted by molar-refractivity contribution is 6.42. The predicted octanol–water partition coefficient (Wildman–Crippen LogP) is 4.24. The molecule has 20 heavy (non-hydrogen) atoms. The van der Waals surface area contributed by atoms with E-state index in [9.17, 15) is 0 Å². The van der Waals surface area contributed by atoms with Gasteiger partial charge in [0.1, 0.15) is 0 Å². The van der Waals surface area contributed by atoms with Crippen molar-refractivity contribution in [3.63, 3.8) is 0 Å². The van der Waals surface area contributed by atoms with Crippen molar-refractivity contribution in [2.24, 2.45) is 5.10 Å². The van der Waals surface area contributed by atoms with Crippen LogP contribution < -0.4 is 5.43 Å². The van der Waals surface area contributed by atoms with Crippen LogP contribution in [0.1, 0.15) is 23.9 Å². The van der Waals surface area contributed by atoms with E-state index in [0.29, 0.717) is 16.0 Å². The lowest BCUT2D eigenvalue weighted by molar-refractivity contribution is 1.03. The maximum atomic E-state index is 5.98. The van der Waals surface area contributed by atoms with Crippen LogP contribution in [-0.2, 0) is 0 Å². The summed E-state index contributed by atoms with van der Waals surface area (Å²) < 4.78 is 0. The van der Waals surface area contributed by atoms with Crippen molar-refractivity contribution in [1.29, 1.82) is 0 Å². The lowest BCUT2D eigenvalue weighted by Crippen LogP contribution is -2.03. The zero-order valence-electron chi connectivity index (χ0n) is 11.4. The smallest absolute Gasteiger partial charge is 0.243 e. The number of rotatable bonds is 3. The molecular weight excluding hydrogens is 295 g/mol. The van der Waals surface area contributed by atoms with Gasteiger partial charge in [0.05, 0.1) is 15.8 Å². The van der Waals surface area contributed by atoms with Crippen LogP contribution in [0.2, 0.25) is 10.0 Å². The summed E-state index contributed by atoms with van der Waals surface area (Å²) in [5.74, 6) is 0.474. The van der Waals surface area contributed by atoms with E-state index in [-0.39, 0.29) is 0 Å². The highest BCUT2D eigenvalue weighted by atomic mass is 35.5. The number of hydrogen-bond donors (Lipinski definition) is 1. The molecular formula is C14H14Cl2N4. The number of aryl methyl sites for hydroxylation is 2. The average Bonchev–Trinajstić information content (AvgIpc) is 2.38. The Morgan fingerprint density at radius 2 is 1.70 bits per heavy atom. The van der Waals surface area contributed by atoms with Gasteiger partial charge in [0.25, 0.3) is 0 Å². The Balaban J connectivity index is 2.19. The third-order valence-corrected chi connectivity index (χ3v) is 3.38. The molecule has 0 amide bonds. The fraction of sp³-hybridized carbons (Fsp3) is 0.214. The Morgan fingerprint density at radius 1 is 1.05 bits per heavy atom. The minimum absolute atomic E-state index is 0.474. The van der Waals surface area contributed by atoms with Gasteiger partial charge in [-0.25, -0.2) is 15.4 Å². The first-order valence-electron chi connectivity index (χ1n) is 6.03. The van der Waals surface area contributed by atoms with E-state index in [2.05, 4.69) is 20.5 Å². The SMILES string of the molecule is CC(=NNc1nc(C)cc(C)n1)c1ccc(Cl)c(Cl)c1. The molecule has 0 aliphatic carbocycles. The zero-order chi connectivity index (χ0) is 14.7. The number of hydrogen-bond acceptors (Lipinski definition) is 4. The molecule has 0 aliphatic rings. The van der Waals surface area contributed by atoms with Gasteiger partial charge >= 0.3 is 0 Å². The highest BCUT2D eigenvalue weighted by Gasteiger charge is 2.03. The first-order chi connectivity index (χ1) is 9.45. The van der Waals surface area contributed by atoms with Crippen LogP contribution in [0.4, 0.5) is 5.95 Å². The maximum Gasteiger partial charge on any atom is 0.243 e. The Morgan fingerprint density at radius 3 is 2.30 bits per heavy atom. The van der Waals surface area contributed by atoms with Gasteiger partial charge in [-0.05, 0) is 44.5 Å². The molecule has 104 valence electrons. The standard InChI is InChI=1S/C14H14Cl2N4/c1-8-6-9(2)18-14(17-8)20-19-10(3)11-4-5-12(15)13(16)7-11/h4-7H,1-3H3,(H,17,18,20). The molecule has 6 heteroatoms. The molecule has 0 spiro atoms. The van der Waals surface area contributed by atoms with Crippen molar-refractivity contribution < 1.29 is 0 Å². The predicted molar refractivity (Wildman–Crippen MR) is 83.8 cm³/mol. The second kappa shape index (κ2) is 6.20. The number of benzene rings is 1. The number of anilines is 1. The van der Waals surface area contributed by atoms with Crippen LogP contribution in [0.15, 0.2) is 29.4 Å². The van der Waals surface area contributed by atoms with Crippen LogP contribution in [-0.4, -0.2) is 15.7 Å². The van der Waals surface area contributed by atoms with E-state index in [4.69, 9.17) is 23.2 Å². The second-order valence-corrected chi connectivity index (χ2v) is 5.23. The van der Waals surface area contributed by atoms with Gasteiger partial charge in [0, 0.05) is 11.4 Å². The Kier molecular flexibility index (Phi) is 4.57. The number of halogens is 2. The monoisotopic (exact) mass is 308 g/mol. The first-order valence-corrected chi connectivity index (χ1v) is 6.79. The van der Waals surface area contributed by atoms with Crippen LogP contribution >= 0.6 is 23.2 Å². The topological polar surface area (TPSA) is 50.2 Å². The van der Waals surface area contributed by atoms with Crippen molar-refractivity contribution in [3.8, 4) is 0 Å². The summed E-state index contributed by atoms with van der Waals surface area (Å²) in [7, 11) is 0. The molecule has 2 aromatic rings. The quantitative estimate of drug-likeness (QED) is 0.681. The van der Waals surface area contributed by atoms with Gasteiger partial charge < -0.3 is 0 Å². The third kappa shape index (κ3) is 3.68. The first kappa shape index (κ1) is 14.8. The Bertz CT molecular complexity index is 648. The van der Waals surface area contributed by atoms with Gasteiger partial charge in [-0.2, -0.15) is 5.10 Å². The van der Waals surface area contributed by atoms with Gasteiger partial charge in [-0.15, -0.1) is 0 Å². The van der Waals surface area contributed by atoms with Gasteiger partial charge in [-0.3, -0.25) is 0 Å². The molecule has 2 rings (SSSR count). The third-order valence-electron chi connectivity index (χ3n) is 2.64. The Hall–Kier alpha value is -1.65. The van der Waals surface area contributed by atoms with Crippen LogP contribution in [0.5, 0.6) is 0 Å². The zero-order valence-corrected chi connectivity index (χ0v) is 12.9. The molecule has 0 saturated carbocycles. The van der Waals surface area contributed by atoms with Crippen LogP contribution in [0, 0.1) is 13.8 Å². The van der Waals surface area contributed by atoms with Crippen molar-refractivity contribution in [1.82, 2.24) is 9.97 Å². The molecule has 1 N–H and O–H groups in total. The summed E-state index contributed by atoms with van der Waals surface area (Å²) in [6.45, 7) is 5.69. The Labute approximate surface area is 127 Å². The van der Waals surface area contributed by atoms with E-state index >= 15 is 0 Å². The summed E-state index contributed by atoms with van der Waals surface area (Å²) in [4.78, 5) is 8.51. The van der Waals surface area contributed by atoms with Crippen molar-refractivity contribution >= 4 is 34.9 Å². The van der Waals surface area contributed by atoms with Gasteiger partial charge in [-0.1, -0.05) is 29.3 Å². The summed E-state index contributed by atoms with van der Waals surface area (Å²) in [6, 6.07) is 7.27. The number of nitrogens with zero attached hydrogens (tertiary/aromatic N) is 3. The molecule has 1 aromatic heterocycles. The largest absolute Gasteiger partial charge is 0.245 e. The maximum absolute atomic E-state index is 5.98. The molecule has 0 atom stereocenters. The van der Waals surface area contributed by atoms with Crippen molar-refractivity contribution in [2.45, 2.75) is 20.8 Å². The molecule has 0 bridgehead atoms. The minimum Gasteiger partial charge on any atom is -0.245 e. The van der Waals surface area contributed by atoms with Gasteiger partial charge in [0.2, 0.25) is 5.95 Å². The summed E-state index contributed by atoms with van der Waals surface area (Å²) >= 11 is 11.9. The van der Waals surface area contributed by atoms with E-state index in [1.807, 2.05) is 32.9 Å². The summed E-state index contributed by atoms with van der Waals surface area (Å²) in [5.41, 5.74) is 6.29. The average molecular weight is 309 g/mol. The number of hydrazone groups is 1. The molecule has 0 aliphatic heterocycles. The van der Waals surface area contributed by atoms with E-state index in [0.717, 1.165) is 22.7 Å². The van der Waals surface area contributed by atoms with E-state index < -0.39 is 0 Å². The summed E-state index contributed by atoms with van der Waals surface area (Å²) in [5, 5.41) is 5.28. The van der Waals surface area contributed by atoms with Crippen LogP contribution in [0.25, 0.3) is 0 Å². The molecule has 0 fully saturated rings. The fourth-order valence-corrected chi connectivity index (χ4v) is 1.99. The molecule has 0 unspecified atom stereocenters. The lowest BCUT2D eigenvalue weighted by atomic mass is 10.1.